The largest absolute Gasteiger partial charge is 0.434 e. The van der Waals surface area contributed by atoms with Crippen molar-refractivity contribution in [2.45, 2.75) is 25.4 Å². The molecule has 0 atom stereocenters. The Kier molecular flexibility index (Phi) is 3.78. The molecule has 5 nitrogen and oxygen atoms in total. The van der Waals surface area contributed by atoms with Crippen molar-refractivity contribution in [3.63, 3.8) is 0 Å². The summed E-state index contributed by atoms with van der Waals surface area (Å²) in [6.45, 7) is -2.88. The summed E-state index contributed by atoms with van der Waals surface area (Å²) in [6, 6.07) is 6.44. The summed E-state index contributed by atoms with van der Waals surface area (Å²) in [5.41, 5.74) is 0.447. The van der Waals surface area contributed by atoms with Crippen LogP contribution in [0.15, 0.2) is 29.4 Å². The van der Waals surface area contributed by atoms with Crippen molar-refractivity contribution in [3.8, 4) is 5.75 Å². The number of alkyl halides is 2. The molecule has 1 saturated carbocycles. The summed E-state index contributed by atoms with van der Waals surface area (Å²) < 4.78 is 31.1. The van der Waals surface area contributed by atoms with Crippen molar-refractivity contribution in [1.29, 1.82) is 0 Å². The third kappa shape index (κ3) is 3.15. The van der Waals surface area contributed by atoms with E-state index in [2.05, 4.69) is 20.0 Å². The zero-order chi connectivity index (χ0) is 14.8. The minimum Gasteiger partial charge on any atom is -0.434 e. The van der Waals surface area contributed by atoms with Crippen molar-refractivity contribution >= 4 is 18.4 Å². The van der Waals surface area contributed by atoms with Crippen LogP contribution >= 0.6 is 12.2 Å². The Bertz CT molecular complexity index is 721. The number of hydrogen-bond acceptors (Lipinski definition) is 4. The van der Waals surface area contributed by atoms with Gasteiger partial charge in [-0.1, -0.05) is 12.1 Å². The van der Waals surface area contributed by atoms with E-state index in [1.807, 2.05) is 0 Å². The lowest BCUT2D eigenvalue weighted by Gasteiger charge is -2.07. The average Bonchev–Trinajstić information content (AvgIpc) is 3.22. The quantitative estimate of drug-likeness (QED) is 0.681. The lowest BCUT2D eigenvalue weighted by atomic mass is 10.2. The highest BCUT2D eigenvalue weighted by Crippen LogP contribution is 2.38. The average molecular weight is 310 g/mol. The summed E-state index contributed by atoms with van der Waals surface area (Å²) in [6.07, 6.45) is 3.55. The van der Waals surface area contributed by atoms with Gasteiger partial charge in [0.2, 0.25) is 4.77 Å². The molecule has 0 unspecified atom stereocenters. The molecule has 0 saturated heterocycles. The number of aromatic nitrogens is 3. The fraction of sp³-hybridized carbons (Fsp3) is 0.308. The number of para-hydroxylation sites is 1. The second kappa shape index (κ2) is 5.72. The van der Waals surface area contributed by atoms with Gasteiger partial charge in [0, 0.05) is 11.5 Å². The van der Waals surface area contributed by atoms with Crippen LogP contribution in [0.5, 0.6) is 5.75 Å². The summed E-state index contributed by atoms with van der Waals surface area (Å²) in [7, 11) is 0. The van der Waals surface area contributed by atoms with E-state index in [4.69, 9.17) is 12.2 Å². The highest BCUT2D eigenvalue weighted by Gasteiger charge is 2.29. The fourth-order valence-electron chi connectivity index (χ4n) is 1.93. The molecule has 3 rings (SSSR count). The third-order valence-corrected chi connectivity index (χ3v) is 3.33. The number of rotatable bonds is 5. The molecule has 8 heteroatoms. The van der Waals surface area contributed by atoms with Gasteiger partial charge in [-0.05, 0) is 37.2 Å². The molecule has 0 spiro atoms. The van der Waals surface area contributed by atoms with Crippen LogP contribution in [0.4, 0.5) is 8.78 Å². The first kappa shape index (κ1) is 13.9. The van der Waals surface area contributed by atoms with Crippen LogP contribution in [0.25, 0.3) is 0 Å². The van der Waals surface area contributed by atoms with Crippen molar-refractivity contribution in [3.05, 3.63) is 40.4 Å². The van der Waals surface area contributed by atoms with Gasteiger partial charge in [0.1, 0.15) is 5.75 Å². The smallest absolute Gasteiger partial charge is 0.387 e. The van der Waals surface area contributed by atoms with Crippen molar-refractivity contribution in [2.75, 3.05) is 0 Å². The second-order valence-electron chi connectivity index (χ2n) is 4.63. The maximum absolute atomic E-state index is 12.4. The van der Waals surface area contributed by atoms with E-state index in [0.29, 0.717) is 16.3 Å². The van der Waals surface area contributed by atoms with Crippen LogP contribution in [0.1, 0.15) is 30.1 Å². The Labute approximate surface area is 124 Å². The lowest BCUT2D eigenvalue weighted by Crippen LogP contribution is -2.04. The van der Waals surface area contributed by atoms with Crippen LogP contribution in [-0.2, 0) is 0 Å². The van der Waals surface area contributed by atoms with Crippen LogP contribution in [0.2, 0.25) is 0 Å². The van der Waals surface area contributed by atoms with Gasteiger partial charge in [-0.3, -0.25) is 5.10 Å². The van der Waals surface area contributed by atoms with Gasteiger partial charge >= 0.3 is 6.61 Å². The first-order valence-electron chi connectivity index (χ1n) is 6.40. The van der Waals surface area contributed by atoms with E-state index in [-0.39, 0.29) is 5.75 Å². The maximum Gasteiger partial charge on any atom is 0.387 e. The predicted octanol–water partition coefficient (Wildman–Crippen LogP) is 3.30. The minimum atomic E-state index is -2.88. The van der Waals surface area contributed by atoms with Gasteiger partial charge in [-0.2, -0.15) is 23.7 Å². The number of aromatic amines is 1. The molecular weight excluding hydrogens is 298 g/mol. The van der Waals surface area contributed by atoms with E-state index in [1.54, 1.807) is 18.2 Å². The van der Waals surface area contributed by atoms with E-state index in [1.165, 1.54) is 17.0 Å². The number of hydrogen-bond donors (Lipinski definition) is 1. The van der Waals surface area contributed by atoms with Crippen LogP contribution < -0.4 is 4.74 Å². The molecule has 0 bridgehead atoms. The van der Waals surface area contributed by atoms with Crippen LogP contribution in [0.3, 0.4) is 0 Å². The van der Waals surface area contributed by atoms with Gasteiger partial charge in [-0.15, -0.1) is 0 Å². The third-order valence-electron chi connectivity index (χ3n) is 3.07. The Morgan fingerprint density at radius 1 is 1.43 bits per heavy atom. The van der Waals surface area contributed by atoms with Gasteiger partial charge in [0.25, 0.3) is 0 Å². The summed E-state index contributed by atoms with van der Waals surface area (Å²) >= 11 is 5.12. The molecule has 1 aromatic carbocycles. The second-order valence-corrected chi connectivity index (χ2v) is 5.02. The summed E-state index contributed by atoms with van der Waals surface area (Å²) in [5.74, 6) is 1.20. The first-order chi connectivity index (χ1) is 10.1. The number of H-pyrrole nitrogens is 1. The molecule has 1 N–H and O–H groups in total. The number of halogens is 2. The predicted molar refractivity (Wildman–Crippen MR) is 75.5 cm³/mol. The molecular formula is C13H12F2N4OS. The van der Waals surface area contributed by atoms with E-state index >= 15 is 0 Å². The zero-order valence-corrected chi connectivity index (χ0v) is 11.7. The minimum absolute atomic E-state index is 0.0687. The molecule has 0 radical (unpaired) electrons. The molecule has 1 fully saturated rings. The molecule has 110 valence electrons. The first-order valence-corrected chi connectivity index (χ1v) is 6.81. The highest BCUT2D eigenvalue weighted by molar-refractivity contribution is 7.71. The monoisotopic (exact) mass is 310 g/mol. The summed E-state index contributed by atoms with van der Waals surface area (Å²) in [5, 5.41) is 11.1. The Balaban J connectivity index is 1.90. The van der Waals surface area contributed by atoms with Crippen LogP contribution in [-0.4, -0.2) is 27.7 Å². The number of nitrogens with one attached hydrogen (secondary N) is 1. The number of nitrogens with zero attached hydrogens (tertiary/aromatic N) is 3. The highest BCUT2D eigenvalue weighted by atomic mass is 32.1. The van der Waals surface area contributed by atoms with Crippen molar-refractivity contribution in [2.24, 2.45) is 5.10 Å². The lowest BCUT2D eigenvalue weighted by molar-refractivity contribution is -0.0499. The number of benzene rings is 1. The fourth-order valence-corrected chi connectivity index (χ4v) is 2.12. The van der Waals surface area contributed by atoms with E-state index < -0.39 is 6.61 Å². The molecule has 1 aliphatic rings. The molecule has 2 aromatic rings. The van der Waals surface area contributed by atoms with E-state index in [0.717, 1.165) is 18.7 Å². The molecule has 1 aromatic heterocycles. The SMILES string of the molecule is FC(F)Oc1ccccc1/C=N\n1c(C2CC2)n[nH]c1=S. The molecule has 0 aliphatic heterocycles. The van der Waals surface area contributed by atoms with Gasteiger partial charge < -0.3 is 4.74 Å². The normalized spacial score (nSPS) is 15.0. The Morgan fingerprint density at radius 2 is 2.19 bits per heavy atom. The molecule has 1 aliphatic carbocycles. The standard InChI is InChI=1S/C13H12F2N4OS/c14-12(15)20-10-4-2-1-3-9(10)7-16-19-11(8-5-6-8)17-18-13(19)21/h1-4,7-8,12H,5-6H2,(H,18,21)/b16-7-. The van der Waals surface area contributed by atoms with Crippen molar-refractivity contribution < 1.29 is 13.5 Å². The molecule has 21 heavy (non-hydrogen) atoms. The topological polar surface area (TPSA) is 55.2 Å². The van der Waals surface area contributed by atoms with Gasteiger partial charge in [-0.25, -0.2) is 0 Å². The molecule has 1 heterocycles. The van der Waals surface area contributed by atoms with E-state index in [9.17, 15) is 8.78 Å². The summed E-state index contributed by atoms with van der Waals surface area (Å²) in [4.78, 5) is 0. The van der Waals surface area contributed by atoms with Crippen LogP contribution in [0, 0.1) is 4.77 Å². The van der Waals surface area contributed by atoms with Gasteiger partial charge in [0.15, 0.2) is 5.82 Å². The molecule has 0 amide bonds. The number of ether oxygens (including phenoxy) is 1. The Hall–Kier alpha value is -2.09. The van der Waals surface area contributed by atoms with Crippen molar-refractivity contribution in [1.82, 2.24) is 14.9 Å². The zero-order valence-electron chi connectivity index (χ0n) is 10.9. The maximum atomic E-state index is 12.4. The van der Waals surface area contributed by atoms with Gasteiger partial charge in [0.05, 0.1) is 6.21 Å². The Morgan fingerprint density at radius 3 is 2.90 bits per heavy atom.